The summed E-state index contributed by atoms with van der Waals surface area (Å²) < 4.78 is 7.43. The van der Waals surface area contributed by atoms with Crippen molar-refractivity contribution in [2.75, 3.05) is 30.9 Å². The molecule has 3 heterocycles. The SMILES string of the molecule is COc1ccccc1-c1ccc2cnc(Nc3ccc4c(c3)N(C)CCC4)nn12. The fourth-order valence-electron chi connectivity index (χ4n) is 3.98. The van der Waals surface area contributed by atoms with E-state index < -0.39 is 0 Å². The molecule has 2 aromatic heterocycles. The van der Waals surface area contributed by atoms with Gasteiger partial charge in [0.15, 0.2) is 0 Å². The second-order valence-corrected chi connectivity index (χ2v) is 7.33. The average molecular weight is 385 g/mol. The molecule has 1 aliphatic heterocycles. The second kappa shape index (κ2) is 7.13. The Bertz CT molecular complexity index is 1180. The highest BCUT2D eigenvalue weighted by molar-refractivity contribution is 5.72. The van der Waals surface area contributed by atoms with Gasteiger partial charge in [0.2, 0.25) is 5.95 Å². The van der Waals surface area contributed by atoms with Crippen molar-refractivity contribution < 1.29 is 4.74 Å². The molecule has 2 aromatic carbocycles. The Morgan fingerprint density at radius 3 is 2.86 bits per heavy atom. The molecule has 0 saturated carbocycles. The number of para-hydroxylation sites is 1. The third-order valence-corrected chi connectivity index (χ3v) is 5.47. The number of hydrogen-bond acceptors (Lipinski definition) is 5. The molecule has 0 amide bonds. The molecule has 0 unspecified atom stereocenters. The molecule has 5 rings (SSSR count). The zero-order valence-corrected chi connectivity index (χ0v) is 16.6. The van der Waals surface area contributed by atoms with Crippen LogP contribution in [0.4, 0.5) is 17.3 Å². The summed E-state index contributed by atoms with van der Waals surface area (Å²) in [5.41, 5.74) is 6.55. The summed E-state index contributed by atoms with van der Waals surface area (Å²) in [6.45, 7) is 1.09. The molecule has 0 bridgehead atoms. The monoisotopic (exact) mass is 385 g/mol. The summed E-state index contributed by atoms with van der Waals surface area (Å²) in [4.78, 5) is 6.80. The number of methoxy groups -OCH3 is 1. The third-order valence-electron chi connectivity index (χ3n) is 5.47. The maximum atomic E-state index is 5.53. The van der Waals surface area contributed by atoms with Crippen LogP contribution < -0.4 is 15.0 Å². The van der Waals surface area contributed by atoms with Gasteiger partial charge >= 0.3 is 0 Å². The average Bonchev–Trinajstić information content (AvgIpc) is 3.17. The first-order valence-corrected chi connectivity index (χ1v) is 9.82. The summed E-state index contributed by atoms with van der Waals surface area (Å²) >= 11 is 0. The van der Waals surface area contributed by atoms with Crippen LogP contribution in [0.2, 0.25) is 0 Å². The second-order valence-electron chi connectivity index (χ2n) is 7.33. The van der Waals surface area contributed by atoms with Crippen molar-refractivity contribution in [3.8, 4) is 17.0 Å². The Kier molecular flexibility index (Phi) is 4.31. The number of aromatic nitrogens is 3. The zero-order chi connectivity index (χ0) is 19.8. The number of nitrogens with one attached hydrogen (secondary N) is 1. The molecule has 0 spiro atoms. The van der Waals surface area contributed by atoms with E-state index in [2.05, 4.69) is 40.4 Å². The molecule has 0 aliphatic carbocycles. The number of aryl methyl sites for hydroxylation is 1. The summed E-state index contributed by atoms with van der Waals surface area (Å²) in [5.74, 6) is 1.38. The van der Waals surface area contributed by atoms with Crippen LogP contribution >= 0.6 is 0 Å². The van der Waals surface area contributed by atoms with E-state index in [0.717, 1.165) is 41.2 Å². The fourth-order valence-corrected chi connectivity index (χ4v) is 3.98. The van der Waals surface area contributed by atoms with Crippen molar-refractivity contribution in [1.29, 1.82) is 0 Å². The van der Waals surface area contributed by atoms with Gasteiger partial charge in [-0.25, -0.2) is 9.50 Å². The highest BCUT2D eigenvalue weighted by Gasteiger charge is 2.15. The minimum Gasteiger partial charge on any atom is -0.496 e. The molecular weight excluding hydrogens is 362 g/mol. The maximum Gasteiger partial charge on any atom is 0.245 e. The van der Waals surface area contributed by atoms with Crippen LogP contribution in [0, 0.1) is 0 Å². The molecule has 0 saturated heterocycles. The lowest BCUT2D eigenvalue weighted by atomic mass is 10.0. The van der Waals surface area contributed by atoms with Crippen molar-refractivity contribution >= 4 is 22.8 Å². The zero-order valence-electron chi connectivity index (χ0n) is 16.6. The van der Waals surface area contributed by atoms with E-state index >= 15 is 0 Å². The van der Waals surface area contributed by atoms with Gasteiger partial charge in [-0.3, -0.25) is 0 Å². The van der Waals surface area contributed by atoms with Crippen LogP contribution in [0.1, 0.15) is 12.0 Å². The van der Waals surface area contributed by atoms with Crippen LogP contribution in [0.5, 0.6) is 5.75 Å². The van der Waals surface area contributed by atoms with E-state index in [4.69, 9.17) is 9.84 Å². The first kappa shape index (κ1) is 17.6. The first-order chi connectivity index (χ1) is 14.2. The molecule has 6 heteroatoms. The number of anilines is 3. The molecule has 0 atom stereocenters. The van der Waals surface area contributed by atoms with Crippen molar-refractivity contribution in [3.63, 3.8) is 0 Å². The van der Waals surface area contributed by atoms with Gasteiger partial charge in [-0.2, -0.15) is 0 Å². The highest BCUT2D eigenvalue weighted by Crippen LogP contribution is 2.32. The van der Waals surface area contributed by atoms with Crippen LogP contribution in [-0.2, 0) is 6.42 Å². The molecule has 29 heavy (non-hydrogen) atoms. The summed E-state index contributed by atoms with van der Waals surface area (Å²) in [6, 6.07) is 18.5. The predicted molar refractivity (Wildman–Crippen MR) is 116 cm³/mol. The Morgan fingerprint density at radius 2 is 1.97 bits per heavy atom. The number of fused-ring (bicyclic) bond motifs is 2. The van der Waals surface area contributed by atoms with E-state index in [0.29, 0.717) is 5.95 Å². The van der Waals surface area contributed by atoms with Gasteiger partial charge in [-0.1, -0.05) is 18.2 Å². The largest absolute Gasteiger partial charge is 0.496 e. The standard InChI is InChI=1S/C23H23N5O/c1-27-13-5-6-16-9-10-17(14-21(16)27)25-23-24-15-18-11-12-20(28(18)26-23)19-7-3-4-8-22(19)29-2/h3-4,7-12,14-15H,5-6,13H2,1-2H3,(H,25,26). The van der Waals surface area contributed by atoms with Crippen LogP contribution in [-0.4, -0.2) is 35.3 Å². The summed E-state index contributed by atoms with van der Waals surface area (Å²) in [5, 5.41) is 8.10. The highest BCUT2D eigenvalue weighted by atomic mass is 16.5. The molecule has 1 aliphatic rings. The van der Waals surface area contributed by atoms with Crippen LogP contribution in [0.25, 0.3) is 16.8 Å². The molecule has 6 nitrogen and oxygen atoms in total. The van der Waals surface area contributed by atoms with Crippen molar-refractivity contribution in [2.45, 2.75) is 12.8 Å². The lowest BCUT2D eigenvalue weighted by Crippen LogP contribution is -2.24. The van der Waals surface area contributed by atoms with E-state index in [1.807, 2.05) is 47.1 Å². The van der Waals surface area contributed by atoms with Gasteiger partial charge < -0.3 is 15.0 Å². The smallest absolute Gasteiger partial charge is 0.245 e. The van der Waals surface area contributed by atoms with Crippen LogP contribution in [0.3, 0.4) is 0 Å². The molecule has 1 N–H and O–H groups in total. The number of benzene rings is 2. The third kappa shape index (κ3) is 3.16. The van der Waals surface area contributed by atoms with E-state index in [9.17, 15) is 0 Å². The normalized spacial score (nSPS) is 13.4. The van der Waals surface area contributed by atoms with Gasteiger partial charge in [-0.15, -0.1) is 5.10 Å². The van der Waals surface area contributed by atoms with Crippen molar-refractivity contribution in [3.05, 3.63) is 66.4 Å². The number of rotatable bonds is 4. The van der Waals surface area contributed by atoms with Crippen molar-refractivity contribution in [1.82, 2.24) is 14.6 Å². The Balaban J connectivity index is 1.51. The van der Waals surface area contributed by atoms with Gasteiger partial charge in [-0.05, 0) is 54.8 Å². The summed E-state index contributed by atoms with van der Waals surface area (Å²) in [6.07, 6.45) is 4.17. The van der Waals surface area contributed by atoms with Crippen LogP contribution in [0.15, 0.2) is 60.8 Å². The molecule has 0 radical (unpaired) electrons. The van der Waals surface area contributed by atoms with E-state index in [-0.39, 0.29) is 0 Å². The lowest BCUT2D eigenvalue weighted by molar-refractivity contribution is 0.416. The fraction of sp³-hybridized carbons (Fsp3) is 0.217. The summed E-state index contributed by atoms with van der Waals surface area (Å²) in [7, 11) is 3.83. The van der Waals surface area contributed by atoms with E-state index in [1.54, 1.807) is 7.11 Å². The quantitative estimate of drug-likeness (QED) is 0.559. The predicted octanol–water partition coefficient (Wildman–Crippen LogP) is 4.53. The first-order valence-electron chi connectivity index (χ1n) is 9.82. The molecular formula is C23H23N5O. The number of hydrogen-bond donors (Lipinski definition) is 1. The Morgan fingerprint density at radius 1 is 1.07 bits per heavy atom. The lowest BCUT2D eigenvalue weighted by Gasteiger charge is -2.28. The van der Waals surface area contributed by atoms with Gasteiger partial charge in [0.05, 0.1) is 24.5 Å². The van der Waals surface area contributed by atoms with Gasteiger partial charge in [0.25, 0.3) is 0 Å². The number of ether oxygens (including phenoxy) is 1. The minimum absolute atomic E-state index is 0.559. The maximum absolute atomic E-state index is 5.53. The molecule has 146 valence electrons. The number of nitrogens with zero attached hydrogens (tertiary/aromatic N) is 4. The van der Waals surface area contributed by atoms with E-state index in [1.165, 1.54) is 17.7 Å². The van der Waals surface area contributed by atoms with Crippen molar-refractivity contribution in [2.24, 2.45) is 0 Å². The molecule has 0 fully saturated rings. The topological polar surface area (TPSA) is 54.7 Å². The minimum atomic E-state index is 0.559. The Labute approximate surface area is 169 Å². The Hall–Kier alpha value is -3.54. The van der Waals surface area contributed by atoms with Gasteiger partial charge in [0, 0.05) is 30.5 Å². The van der Waals surface area contributed by atoms with Gasteiger partial charge in [0.1, 0.15) is 5.75 Å². The molecule has 4 aromatic rings.